The zero-order valence-electron chi connectivity index (χ0n) is 19.9. The van der Waals surface area contributed by atoms with Gasteiger partial charge in [-0.2, -0.15) is 0 Å². The topological polar surface area (TPSA) is 99.5 Å². The van der Waals surface area contributed by atoms with E-state index in [1.165, 1.54) is 44.2 Å². The minimum Gasteiger partial charge on any atom is -0.750 e. The second kappa shape index (κ2) is 12.2. The molecule has 1 saturated heterocycles. The summed E-state index contributed by atoms with van der Waals surface area (Å²) in [6, 6.07) is 5.32. The van der Waals surface area contributed by atoms with Crippen molar-refractivity contribution < 1.29 is 22.1 Å². The number of amides is 1. The van der Waals surface area contributed by atoms with Gasteiger partial charge in [-0.1, -0.05) is 31.4 Å². The number of imidazole rings is 1. The summed E-state index contributed by atoms with van der Waals surface area (Å²) in [5.41, 5.74) is 0.926. The molecule has 2 aliphatic rings. The number of rotatable bonds is 10. The molecule has 0 bridgehead atoms. The Hall–Kier alpha value is -2.14. The molecule has 1 aromatic carbocycles. The highest BCUT2D eigenvalue weighted by molar-refractivity contribution is 7.74. The van der Waals surface area contributed by atoms with E-state index in [-0.39, 0.29) is 23.9 Å². The molecular weight excluding hydrogens is 471 g/mol. The van der Waals surface area contributed by atoms with E-state index in [0.29, 0.717) is 25.4 Å². The normalized spacial score (nSPS) is 20.5. The summed E-state index contributed by atoms with van der Waals surface area (Å²) >= 11 is -2.67. The van der Waals surface area contributed by atoms with Gasteiger partial charge in [-0.05, 0) is 61.1 Å². The molecule has 192 valence electrons. The first-order chi connectivity index (χ1) is 16.9. The first kappa shape index (κ1) is 25.9. The number of likely N-dealkylation sites (tertiary alicyclic amines) is 1. The molecule has 2 atom stereocenters. The average Bonchev–Trinajstić information content (AvgIpc) is 3.38. The number of aromatic nitrogens is 2. The fourth-order valence-corrected chi connectivity index (χ4v) is 6.00. The summed E-state index contributed by atoms with van der Waals surface area (Å²) in [6.45, 7) is 1.92. The lowest BCUT2D eigenvalue weighted by Crippen LogP contribution is -2.54. The molecule has 35 heavy (non-hydrogen) atoms. The minimum atomic E-state index is -2.67. The smallest absolute Gasteiger partial charge is 0.240 e. The molecule has 2 heterocycles. The standard InChI is InChI=1S/C25H35FN4O4S/c26-22-8-6-20(7-9-22)16-23(28-19-34-35(32)33)24(31)30-13-10-25(11-14-30,17-29-15-12-27-18-29)21-4-2-1-3-5-21/h6-9,12,15,18,21,23,28H,1-5,10-11,13-14,16-17,19H2,(H,32,33)/p-1/t23-/m1/s1. The summed E-state index contributed by atoms with van der Waals surface area (Å²) in [5, 5.41) is 2.92. The number of carbonyl (C=O) groups excluding carboxylic acids is 1. The highest BCUT2D eigenvalue weighted by Crippen LogP contribution is 2.47. The number of nitrogens with one attached hydrogen (secondary N) is 1. The Morgan fingerprint density at radius 2 is 1.94 bits per heavy atom. The number of nitrogens with zero attached hydrogens (tertiary/aromatic N) is 3. The molecule has 1 unspecified atom stereocenters. The maximum Gasteiger partial charge on any atom is 0.240 e. The third-order valence-corrected chi connectivity index (χ3v) is 8.05. The van der Waals surface area contributed by atoms with E-state index in [1.54, 1.807) is 12.1 Å². The first-order valence-electron chi connectivity index (χ1n) is 12.4. The van der Waals surface area contributed by atoms with Crippen molar-refractivity contribution in [3.63, 3.8) is 0 Å². The summed E-state index contributed by atoms with van der Waals surface area (Å²) in [6.07, 6.45) is 14.2. The maximum absolute atomic E-state index is 13.5. The number of piperidine rings is 1. The fourth-order valence-electron chi connectivity index (χ4n) is 5.83. The lowest BCUT2D eigenvalue weighted by atomic mass is 9.63. The van der Waals surface area contributed by atoms with Gasteiger partial charge in [0.2, 0.25) is 5.91 Å². The summed E-state index contributed by atoms with van der Waals surface area (Å²) in [4.78, 5) is 19.6. The van der Waals surface area contributed by atoms with E-state index in [1.807, 2.05) is 23.6 Å². The van der Waals surface area contributed by atoms with Gasteiger partial charge in [0, 0.05) is 32.0 Å². The summed E-state index contributed by atoms with van der Waals surface area (Å²) < 4.78 is 41.7. The van der Waals surface area contributed by atoms with Crippen molar-refractivity contribution >= 4 is 17.3 Å². The van der Waals surface area contributed by atoms with Crippen LogP contribution in [-0.4, -0.2) is 55.0 Å². The number of carbonyl (C=O) groups is 1. The van der Waals surface area contributed by atoms with E-state index in [2.05, 4.69) is 19.1 Å². The van der Waals surface area contributed by atoms with Gasteiger partial charge in [0.15, 0.2) is 0 Å². The summed E-state index contributed by atoms with van der Waals surface area (Å²) in [5.74, 6) is 0.210. The zero-order valence-corrected chi connectivity index (χ0v) is 20.8. The number of hydrogen-bond acceptors (Lipinski definition) is 6. The van der Waals surface area contributed by atoms with Crippen molar-refractivity contribution in [1.29, 1.82) is 0 Å². The molecular formula is C25H34FN4O4S-. The largest absolute Gasteiger partial charge is 0.750 e. The van der Waals surface area contributed by atoms with Crippen molar-refractivity contribution in [2.45, 2.75) is 64.0 Å². The molecule has 0 spiro atoms. The van der Waals surface area contributed by atoms with Crippen molar-refractivity contribution in [2.75, 3.05) is 19.8 Å². The van der Waals surface area contributed by atoms with E-state index < -0.39 is 17.4 Å². The van der Waals surface area contributed by atoms with Crippen LogP contribution >= 0.6 is 0 Å². The molecule has 8 nitrogen and oxygen atoms in total. The Morgan fingerprint density at radius 3 is 2.57 bits per heavy atom. The van der Waals surface area contributed by atoms with Crippen LogP contribution in [0.15, 0.2) is 43.0 Å². The van der Waals surface area contributed by atoms with Crippen molar-refractivity contribution in [2.24, 2.45) is 11.3 Å². The second-order valence-corrected chi connectivity index (χ2v) is 10.5. The van der Waals surface area contributed by atoms with Crippen LogP contribution in [-0.2, 0) is 33.3 Å². The predicted octanol–water partition coefficient (Wildman–Crippen LogP) is 3.18. The summed E-state index contributed by atoms with van der Waals surface area (Å²) in [7, 11) is 0. The van der Waals surface area contributed by atoms with Crippen LogP contribution < -0.4 is 5.32 Å². The van der Waals surface area contributed by atoms with Gasteiger partial charge in [0.25, 0.3) is 0 Å². The number of hydrogen-bond donors (Lipinski definition) is 1. The Labute approximate surface area is 208 Å². The molecule has 1 N–H and O–H groups in total. The first-order valence-corrected chi connectivity index (χ1v) is 13.4. The van der Waals surface area contributed by atoms with Gasteiger partial charge in [-0.25, -0.2) is 13.6 Å². The van der Waals surface area contributed by atoms with Gasteiger partial charge in [0.1, 0.15) is 12.5 Å². The monoisotopic (exact) mass is 505 g/mol. The molecule has 1 aliphatic carbocycles. The van der Waals surface area contributed by atoms with Crippen LogP contribution in [0.25, 0.3) is 0 Å². The van der Waals surface area contributed by atoms with Crippen LogP contribution in [0.3, 0.4) is 0 Å². The van der Waals surface area contributed by atoms with Crippen LogP contribution in [0.4, 0.5) is 4.39 Å². The third-order valence-electron chi connectivity index (χ3n) is 7.73. The van der Waals surface area contributed by atoms with Crippen LogP contribution in [0.5, 0.6) is 0 Å². The number of halogens is 1. The Balaban J connectivity index is 1.44. The van der Waals surface area contributed by atoms with Gasteiger partial charge in [-0.15, -0.1) is 0 Å². The van der Waals surface area contributed by atoms with Gasteiger partial charge in [0.05, 0.1) is 23.7 Å². The van der Waals surface area contributed by atoms with Crippen LogP contribution in [0, 0.1) is 17.2 Å². The quantitative estimate of drug-likeness (QED) is 0.393. The van der Waals surface area contributed by atoms with Crippen LogP contribution in [0.1, 0.15) is 50.5 Å². The van der Waals surface area contributed by atoms with Crippen molar-refractivity contribution in [3.05, 3.63) is 54.4 Å². The van der Waals surface area contributed by atoms with Crippen molar-refractivity contribution in [3.8, 4) is 0 Å². The molecule has 1 aromatic heterocycles. The predicted molar refractivity (Wildman–Crippen MR) is 129 cm³/mol. The highest BCUT2D eigenvalue weighted by Gasteiger charge is 2.43. The van der Waals surface area contributed by atoms with E-state index >= 15 is 0 Å². The van der Waals surface area contributed by atoms with Gasteiger partial charge < -0.3 is 14.0 Å². The molecule has 10 heteroatoms. The maximum atomic E-state index is 13.5. The molecule has 1 saturated carbocycles. The molecule has 2 aromatic rings. The van der Waals surface area contributed by atoms with E-state index in [4.69, 9.17) is 0 Å². The van der Waals surface area contributed by atoms with Gasteiger partial charge in [-0.3, -0.25) is 14.3 Å². The van der Waals surface area contributed by atoms with E-state index in [9.17, 15) is 17.9 Å². The third kappa shape index (κ3) is 6.97. The second-order valence-electron chi connectivity index (χ2n) is 9.81. The molecule has 4 rings (SSSR count). The SMILES string of the molecule is O=C([C@@H](Cc1ccc(F)cc1)NCOS(=O)[O-])N1CCC(Cn2ccnc2)(C2CCCCC2)CC1. The Morgan fingerprint density at radius 1 is 1.23 bits per heavy atom. The highest BCUT2D eigenvalue weighted by atomic mass is 32.2. The Kier molecular flexibility index (Phi) is 9.04. The molecule has 0 radical (unpaired) electrons. The lowest BCUT2D eigenvalue weighted by molar-refractivity contribution is -0.137. The average molecular weight is 506 g/mol. The fraction of sp³-hybridized carbons (Fsp3) is 0.600. The number of benzene rings is 1. The molecule has 1 amide bonds. The lowest BCUT2D eigenvalue weighted by Gasteiger charge is -2.48. The van der Waals surface area contributed by atoms with Gasteiger partial charge >= 0.3 is 0 Å². The molecule has 2 fully saturated rings. The van der Waals surface area contributed by atoms with Crippen molar-refractivity contribution in [1.82, 2.24) is 19.8 Å². The molecule has 1 aliphatic heterocycles. The Bertz CT molecular complexity index is 958. The minimum absolute atomic E-state index is 0.0884. The zero-order chi connectivity index (χ0) is 24.7. The van der Waals surface area contributed by atoms with E-state index in [0.717, 1.165) is 24.9 Å². The van der Waals surface area contributed by atoms with Crippen LogP contribution in [0.2, 0.25) is 0 Å².